The SMILES string of the molecule is Cc1cnc(C(C)n2c(C)cc(C=O)c2C)s1. The summed E-state index contributed by atoms with van der Waals surface area (Å²) in [5, 5.41) is 1.08. The number of aryl methyl sites for hydroxylation is 2. The van der Waals surface area contributed by atoms with Crippen molar-refractivity contribution < 1.29 is 4.79 Å². The molecule has 0 fully saturated rings. The van der Waals surface area contributed by atoms with E-state index in [4.69, 9.17) is 0 Å². The van der Waals surface area contributed by atoms with Gasteiger partial charge in [0.1, 0.15) is 5.01 Å². The van der Waals surface area contributed by atoms with Crippen LogP contribution in [-0.4, -0.2) is 15.8 Å². The van der Waals surface area contributed by atoms with Crippen LogP contribution in [0.4, 0.5) is 0 Å². The fourth-order valence-corrected chi connectivity index (χ4v) is 3.01. The Bertz CT molecular complexity index is 554. The lowest BCUT2D eigenvalue weighted by Crippen LogP contribution is -2.10. The molecule has 17 heavy (non-hydrogen) atoms. The standard InChI is InChI=1S/C13H16N2OS/c1-8-5-12(7-16)10(3)15(8)11(4)13-14-6-9(2)17-13/h5-7,11H,1-4H3. The van der Waals surface area contributed by atoms with Crippen LogP contribution in [0.3, 0.4) is 0 Å². The summed E-state index contributed by atoms with van der Waals surface area (Å²) in [4.78, 5) is 16.6. The molecule has 3 nitrogen and oxygen atoms in total. The lowest BCUT2D eigenvalue weighted by molar-refractivity contribution is 0.112. The predicted molar refractivity (Wildman–Crippen MR) is 70.0 cm³/mol. The first-order valence-corrected chi connectivity index (χ1v) is 6.42. The van der Waals surface area contributed by atoms with Crippen LogP contribution in [0, 0.1) is 20.8 Å². The number of hydrogen-bond donors (Lipinski definition) is 0. The summed E-state index contributed by atoms with van der Waals surface area (Å²) >= 11 is 1.70. The fraction of sp³-hybridized carbons (Fsp3) is 0.385. The minimum absolute atomic E-state index is 0.183. The number of aldehydes is 1. The van der Waals surface area contributed by atoms with Crippen molar-refractivity contribution in [1.29, 1.82) is 0 Å². The number of nitrogens with zero attached hydrogens (tertiary/aromatic N) is 2. The molecule has 2 heterocycles. The molecule has 0 radical (unpaired) electrons. The monoisotopic (exact) mass is 248 g/mol. The minimum atomic E-state index is 0.183. The molecule has 4 heteroatoms. The maximum Gasteiger partial charge on any atom is 0.151 e. The Morgan fingerprint density at radius 1 is 1.41 bits per heavy atom. The van der Waals surface area contributed by atoms with Crippen molar-refractivity contribution in [3.05, 3.63) is 39.1 Å². The number of carbonyl (C=O) groups excluding carboxylic acids is 1. The number of thiazole rings is 1. The van der Waals surface area contributed by atoms with E-state index < -0.39 is 0 Å². The second-order valence-corrected chi connectivity index (χ2v) is 5.57. The second kappa shape index (κ2) is 4.45. The van der Waals surface area contributed by atoms with Gasteiger partial charge in [0.2, 0.25) is 0 Å². The molecule has 0 spiro atoms. The van der Waals surface area contributed by atoms with Gasteiger partial charge in [-0.3, -0.25) is 4.79 Å². The molecule has 0 aliphatic heterocycles. The van der Waals surface area contributed by atoms with Gasteiger partial charge in [0.15, 0.2) is 6.29 Å². The van der Waals surface area contributed by atoms with Crippen molar-refractivity contribution in [3.63, 3.8) is 0 Å². The molecule has 0 N–H and O–H groups in total. The number of aromatic nitrogens is 2. The Balaban J connectivity index is 2.46. The Labute approximate surface area is 105 Å². The molecular weight excluding hydrogens is 232 g/mol. The van der Waals surface area contributed by atoms with E-state index in [0.717, 1.165) is 28.2 Å². The van der Waals surface area contributed by atoms with Crippen molar-refractivity contribution in [2.45, 2.75) is 33.7 Å². The maximum atomic E-state index is 10.9. The van der Waals surface area contributed by atoms with Gasteiger partial charge in [-0.15, -0.1) is 11.3 Å². The van der Waals surface area contributed by atoms with Crippen molar-refractivity contribution in [3.8, 4) is 0 Å². The van der Waals surface area contributed by atoms with Crippen LogP contribution in [0.5, 0.6) is 0 Å². The first kappa shape index (κ1) is 12.0. The number of rotatable bonds is 3. The molecular formula is C13H16N2OS. The topological polar surface area (TPSA) is 34.9 Å². The Morgan fingerprint density at radius 3 is 2.59 bits per heavy atom. The first-order valence-electron chi connectivity index (χ1n) is 5.60. The zero-order chi connectivity index (χ0) is 12.6. The van der Waals surface area contributed by atoms with Gasteiger partial charge < -0.3 is 4.57 Å². The lowest BCUT2D eigenvalue weighted by Gasteiger charge is -2.16. The molecule has 1 atom stereocenters. The van der Waals surface area contributed by atoms with Crippen LogP contribution in [-0.2, 0) is 0 Å². The fourth-order valence-electron chi connectivity index (χ4n) is 2.19. The summed E-state index contributed by atoms with van der Waals surface area (Å²) in [7, 11) is 0. The van der Waals surface area contributed by atoms with E-state index in [1.807, 2.05) is 26.1 Å². The molecule has 1 unspecified atom stereocenters. The normalized spacial score (nSPS) is 12.7. The first-order chi connectivity index (χ1) is 8.04. The van der Waals surface area contributed by atoms with Crippen molar-refractivity contribution in [2.75, 3.05) is 0 Å². The van der Waals surface area contributed by atoms with E-state index in [0.29, 0.717) is 0 Å². The average molecular weight is 248 g/mol. The van der Waals surface area contributed by atoms with Gasteiger partial charge in [-0.05, 0) is 33.8 Å². The molecule has 2 aromatic heterocycles. The zero-order valence-corrected chi connectivity index (χ0v) is 11.3. The molecule has 0 aliphatic rings. The van der Waals surface area contributed by atoms with Crippen molar-refractivity contribution in [2.24, 2.45) is 0 Å². The van der Waals surface area contributed by atoms with Crippen LogP contribution in [0.2, 0.25) is 0 Å². The van der Waals surface area contributed by atoms with E-state index in [9.17, 15) is 4.79 Å². The highest BCUT2D eigenvalue weighted by Gasteiger charge is 2.17. The quantitative estimate of drug-likeness (QED) is 0.781. The van der Waals surface area contributed by atoms with Gasteiger partial charge in [-0.1, -0.05) is 0 Å². The van der Waals surface area contributed by atoms with E-state index in [1.54, 1.807) is 11.3 Å². The molecule has 90 valence electrons. The Hall–Kier alpha value is -1.42. The van der Waals surface area contributed by atoms with Crippen molar-refractivity contribution in [1.82, 2.24) is 9.55 Å². The third kappa shape index (κ3) is 2.05. The summed E-state index contributed by atoms with van der Waals surface area (Å²) in [5.74, 6) is 0. The summed E-state index contributed by atoms with van der Waals surface area (Å²) in [6.45, 7) is 8.18. The molecule has 0 saturated heterocycles. The molecule has 0 amide bonds. The van der Waals surface area contributed by atoms with E-state index in [-0.39, 0.29) is 6.04 Å². The van der Waals surface area contributed by atoms with Gasteiger partial charge in [0.25, 0.3) is 0 Å². The van der Waals surface area contributed by atoms with Crippen LogP contribution >= 0.6 is 11.3 Å². The van der Waals surface area contributed by atoms with E-state index in [1.165, 1.54) is 4.88 Å². The molecule has 2 aromatic rings. The highest BCUT2D eigenvalue weighted by Crippen LogP contribution is 2.27. The third-order valence-electron chi connectivity index (χ3n) is 3.03. The van der Waals surface area contributed by atoms with Gasteiger partial charge in [-0.25, -0.2) is 4.98 Å². The number of hydrogen-bond acceptors (Lipinski definition) is 3. The highest BCUT2D eigenvalue weighted by molar-refractivity contribution is 7.11. The van der Waals surface area contributed by atoms with Gasteiger partial charge in [-0.2, -0.15) is 0 Å². The average Bonchev–Trinajstić information content (AvgIpc) is 2.83. The van der Waals surface area contributed by atoms with Crippen LogP contribution in [0.1, 0.15) is 44.6 Å². The van der Waals surface area contributed by atoms with Crippen LogP contribution < -0.4 is 0 Å². The van der Waals surface area contributed by atoms with Gasteiger partial charge in [0, 0.05) is 28.0 Å². The van der Waals surface area contributed by atoms with Gasteiger partial charge >= 0.3 is 0 Å². The predicted octanol–water partition coefficient (Wildman–Crippen LogP) is 3.29. The summed E-state index contributed by atoms with van der Waals surface area (Å²) in [5.41, 5.74) is 2.88. The molecule has 0 aliphatic carbocycles. The maximum absolute atomic E-state index is 10.9. The lowest BCUT2D eigenvalue weighted by atomic mass is 10.2. The van der Waals surface area contributed by atoms with E-state index in [2.05, 4.69) is 23.4 Å². The second-order valence-electron chi connectivity index (χ2n) is 4.30. The Kier molecular flexibility index (Phi) is 3.15. The van der Waals surface area contributed by atoms with Crippen LogP contribution in [0.25, 0.3) is 0 Å². The summed E-state index contributed by atoms with van der Waals surface area (Å²) in [6.07, 6.45) is 2.81. The van der Waals surface area contributed by atoms with Crippen molar-refractivity contribution >= 4 is 17.6 Å². The molecule has 0 aromatic carbocycles. The minimum Gasteiger partial charge on any atom is -0.339 e. The summed E-state index contributed by atoms with van der Waals surface area (Å²) < 4.78 is 2.17. The molecule has 0 bridgehead atoms. The highest BCUT2D eigenvalue weighted by atomic mass is 32.1. The summed E-state index contributed by atoms with van der Waals surface area (Å²) in [6, 6.07) is 2.11. The smallest absolute Gasteiger partial charge is 0.151 e. The molecule has 2 rings (SSSR count). The molecule has 0 saturated carbocycles. The Morgan fingerprint density at radius 2 is 2.12 bits per heavy atom. The largest absolute Gasteiger partial charge is 0.339 e. The van der Waals surface area contributed by atoms with Gasteiger partial charge in [0.05, 0.1) is 6.04 Å². The number of carbonyl (C=O) groups is 1. The third-order valence-corrected chi connectivity index (χ3v) is 4.12. The zero-order valence-electron chi connectivity index (χ0n) is 10.5. The van der Waals surface area contributed by atoms with Crippen LogP contribution in [0.15, 0.2) is 12.3 Å². The van der Waals surface area contributed by atoms with E-state index >= 15 is 0 Å².